The lowest BCUT2D eigenvalue weighted by Crippen LogP contribution is -2.48. The molecule has 0 bridgehead atoms. The van der Waals surface area contributed by atoms with E-state index >= 15 is 0 Å². The van der Waals surface area contributed by atoms with E-state index in [4.69, 9.17) is 0 Å². The maximum absolute atomic E-state index is 11.4. The number of hydrazine groups is 1. The molecule has 0 saturated heterocycles. The highest BCUT2D eigenvalue weighted by Gasteiger charge is 2.20. The molecule has 0 rings (SSSR count). The number of carbonyl (C=O) groups is 3. The Morgan fingerprint density at radius 2 is 1.78 bits per heavy atom. The maximum Gasteiger partial charge on any atom is 0.322 e. The Hall–Kier alpha value is -1.63. The average molecular weight is 259 g/mol. The van der Waals surface area contributed by atoms with E-state index in [0.29, 0.717) is 12.3 Å². The molecule has 1 unspecified atom stereocenters. The van der Waals surface area contributed by atoms with E-state index in [-0.39, 0.29) is 12.5 Å². The van der Waals surface area contributed by atoms with E-state index in [9.17, 15) is 14.4 Å². The van der Waals surface area contributed by atoms with Crippen LogP contribution < -0.4 is 16.2 Å². The minimum absolute atomic E-state index is 0.0766. The molecular formula is C11H21N3O4. The molecule has 0 heterocycles. The molecule has 7 nitrogen and oxygen atoms in total. The van der Waals surface area contributed by atoms with Gasteiger partial charge in [0.15, 0.2) is 0 Å². The molecule has 18 heavy (non-hydrogen) atoms. The normalized spacial score (nSPS) is 11.8. The van der Waals surface area contributed by atoms with E-state index in [1.807, 2.05) is 13.8 Å². The van der Waals surface area contributed by atoms with Crippen molar-refractivity contribution in [2.24, 2.45) is 5.92 Å². The van der Waals surface area contributed by atoms with Crippen molar-refractivity contribution in [1.82, 2.24) is 16.2 Å². The van der Waals surface area contributed by atoms with Gasteiger partial charge in [0, 0.05) is 6.92 Å². The highest BCUT2D eigenvalue weighted by Crippen LogP contribution is 2.05. The van der Waals surface area contributed by atoms with Crippen LogP contribution in [0, 0.1) is 5.92 Å². The van der Waals surface area contributed by atoms with Crippen LogP contribution in [0.15, 0.2) is 0 Å². The van der Waals surface area contributed by atoms with Gasteiger partial charge in [0.2, 0.25) is 5.91 Å². The van der Waals surface area contributed by atoms with Crippen molar-refractivity contribution < 1.29 is 19.1 Å². The van der Waals surface area contributed by atoms with Crippen molar-refractivity contribution in [3.05, 3.63) is 0 Å². The first-order valence-electron chi connectivity index (χ1n) is 5.73. The van der Waals surface area contributed by atoms with E-state index in [2.05, 4.69) is 20.9 Å². The van der Waals surface area contributed by atoms with Crippen LogP contribution in [0.1, 0.15) is 27.2 Å². The molecule has 0 aliphatic carbocycles. The summed E-state index contributed by atoms with van der Waals surface area (Å²) >= 11 is 0. The molecule has 0 spiro atoms. The van der Waals surface area contributed by atoms with Crippen LogP contribution in [0.4, 0.5) is 0 Å². The molecule has 0 aromatic heterocycles. The zero-order valence-corrected chi connectivity index (χ0v) is 11.2. The van der Waals surface area contributed by atoms with Crippen LogP contribution in [0.3, 0.4) is 0 Å². The van der Waals surface area contributed by atoms with Crippen molar-refractivity contribution in [3.8, 4) is 0 Å². The quantitative estimate of drug-likeness (QED) is 0.434. The van der Waals surface area contributed by atoms with Gasteiger partial charge in [-0.1, -0.05) is 13.8 Å². The van der Waals surface area contributed by atoms with Gasteiger partial charge in [-0.05, 0) is 12.3 Å². The molecular weight excluding hydrogens is 238 g/mol. The lowest BCUT2D eigenvalue weighted by molar-refractivity contribution is -0.143. The van der Waals surface area contributed by atoms with Gasteiger partial charge in [0.1, 0.15) is 6.04 Å². The lowest BCUT2D eigenvalue weighted by atomic mass is 10.0. The number of methoxy groups -OCH3 is 1. The first kappa shape index (κ1) is 16.4. The second-order valence-electron chi connectivity index (χ2n) is 4.32. The van der Waals surface area contributed by atoms with E-state index in [0.717, 1.165) is 0 Å². The molecule has 0 aliphatic rings. The molecule has 0 fully saturated rings. The van der Waals surface area contributed by atoms with Crippen molar-refractivity contribution in [2.45, 2.75) is 33.2 Å². The van der Waals surface area contributed by atoms with Gasteiger partial charge >= 0.3 is 5.97 Å². The smallest absolute Gasteiger partial charge is 0.322 e. The lowest BCUT2D eigenvalue weighted by Gasteiger charge is -2.18. The summed E-state index contributed by atoms with van der Waals surface area (Å²) in [6.45, 7) is 5.14. The third-order valence-electron chi connectivity index (χ3n) is 2.08. The van der Waals surface area contributed by atoms with Crippen molar-refractivity contribution in [1.29, 1.82) is 0 Å². The summed E-state index contributed by atoms with van der Waals surface area (Å²) < 4.78 is 4.64. The predicted octanol–water partition coefficient (Wildman–Crippen LogP) is -0.669. The Kier molecular flexibility index (Phi) is 7.69. The number of carbonyl (C=O) groups excluding carboxylic acids is 3. The summed E-state index contributed by atoms with van der Waals surface area (Å²) in [5.41, 5.74) is 4.35. The molecule has 0 aromatic carbocycles. The number of ether oxygens (including phenoxy) is 1. The first-order chi connectivity index (χ1) is 8.36. The summed E-state index contributed by atoms with van der Waals surface area (Å²) in [6, 6.07) is -0.530. The number of hydrogen-bond donors (Lipinski definition) is 3. The van der Waals surface area contributed by atoms with Crippen LogP contribution in [-0.4, -0.2) is 37.5 Å². The Bertz CT molecular complexity index is 305. The molecule has 0 saturated carbocycles. The van der Waals surface area contributed by atoms with Gasteiger partial charge in [-0.2, -0.15) is 0 Å². The highest BCUT2D eigenvalue weighted by atomic mass is 16.5. The highest BCUT2D eigenvalue weighted by molar-refractivity contribution is 5.83. The van der Waals surface area contributed by atoms with Crippen LogP contribution in [0.2, 0.25) is 0 Å². The SMILES string of the molecule is COC(=O)C(CC(C)C)NCC(=O)NNC(C)=O. The van der Waals surface area contributed by atoms with E-state index in [1.54, 1.807) is 0 Å². The molecule has 7 heteroatoms. The van der Waals surface area contributed by atoms with Gasteiger partial charge in [-0.15, -0.1) is 0 Å². The van der Waals surface area contributed by atoms with Crippen LogP contribution in [-0.2, 0) is 19.1 Å². The molecule has 2 amide bonds. The molecule has 1 atom stereocenters. The van der Waals surface area contributed by atoms with Crippen LogP contribution in [0.5, 0.6) is 0 Å². The largest absolute Gasteiger partial charge is 0.468 e. The van der Waals surface area contributed by atoms with Gasteiger partial charge in [0.25, 0.3) is 5.91 Å². The summed E-state index contributed by atoms with van der Waals surface area (Å²) in [6.07, 6.45) is 0.570. The Morgan fingerprint density at radius 3 is 2.22 bits per heavy atom. The molecule has 3 N–H and O–H groups in total. The van der Waals surface area contributed by atoms with Gasteiger partial charge in [-0.3, -0.25) is 30.6 Å². The summed E-state index contributed by atoms with van der Waals surface area (Å²) in [5, 5.41) is 2.79. The standard InChI is InChI=1S/C11H21N3O4/c1-7(2)5-9(11(17)18-4)12-6-10(16)14-13-8(3)15/h7,9,12H,5-6H2,1-4H3,(H,13,15)(H,14,16). The van der Waals surface area contributed by atoms with Gasteiger partial charge in [0.05, 0.1) is 13.7 Å². The first-order valence-corrected chi connectivity index (χ1v) is 5.73. The molecule has 0 radical (unpaired) electrons. The van der Waals surface area contributed by atoms with Crippen molar-refractivity contribution in [3.63, 3.8) is 0 Å². The summed E-state index contributed by atoms with van der Waals surface area (Å²) in [5.74, 6) is -0.908. The van der Waals surface area contributed by atoms with Crippen molar-refractivity contribution >= 4 is 17.8 Å². The van der Waals surface area contributed by atoms with E-state index in [1.165, 1.54) is 14.0 Å². The second kappa shape index (κ2) is 8.46. The minimum Gasteiger partial charge on any atom is -0.468 e. The van der Waals surface area contributed by atoms with Gasteiger partial charge in [-0.25, -0.2) is 0 Å². The second-order valence-corrected chi connectivity index (χ2v) is 4.32. The zero-order valence-electron chi connectivity index (χ0n) is 11.2. The van der Waals surface area contributed by atoms with Gasteiger partial charge < -0.3 is 4.74 Å². The number of hydrogen-bond acceptors (Lipinski definition) is 5. The fraction of sp³-hybridized carbons (Fsp3) is 0.727. The Balaban J connectivity index is 4.13. The number of esters is 1. The molecule has 0 aromatic rings. The summed E-state index contributed by atoms with van der Waals surface area (Å²) in [4.78, 5) is 33.3. The molecule has 0 aliphatic heterocycles. The van der Waals surface area contributed by atoms with Crippen LogP contribution >= 0.6 is 0 Å². The zero-order chi connectivity index (χ0) is 14.1. The minimum atomic E-state index is -0.530. The fourth-order valence-electron chi connectivity index (χ4n) is 1.29. The van der Waals surface area contributed by atoms with Crippen molar-refractivity contribution in [2.75, 3.05) is 13.7 Å². The number of nitrogens with one attached hydrogen (secondary N) is 3. The topological polar surface area (TPSA) is 96.5 Å². The van der Waals surface area contributed by atoms with Crippen LogP contribution in [0.25, 0.3) is 0 Å². The monoisotopic (exact) mass is 259 g/mol. The Morgan fingerprint density at radius 1 is 1.17 bits per heavy atom. The maximum atomic E-state index is 11.4. The average Bonchev–Trinajstić information content (AvgIpc) is 2.30. The Labute approximate surface area is 107 Å². The predicted molar refractivity (Wildman–Crippen MR) is 65.2 cm³/mol. The molecule has 104 valence electrons. The number of rotatable bonds is 6. The fourth-order valence-corrected chi connectivity index (χ4v) is 1.29. The summed E-state index contributed by atoms with van der Waals surface area (Å²) in [7, 11) is 1.30. The number of amides is 2. The third-order valence-corrected chi connectivity index (χ3v) is 2.08. The third kappa shape index (κ3) is 7.61. The van der Waals surface area contributed by atoms with E-state index < -0.39 is 17.9 Å².